The molecule has 0 aliphatic heterocycles. The first-order valence-corrected chi connectivity index (χ1v) is 7.75. The van der Waals surface area contributed by atoms with Crippen molar-refractivity contribution in [1.82, 2.24) is 5.32 Å². The fraction of sp³-hybridized carbons (Fsp3) is 0.800. The minimum atomic E-state index is -0.895. The van der Waals surface area contributed by atoms with E-state index in [1.54, 1.807) is 0 Å². The van der Waals surface area contributed by atoms with Gasteiger partial charge in [-0.3, -0.25) is 14.4 Å². The van der Waals surface area contributed by atoms with E-state index in [0.29, 0.717) is 38.6 Å². The summed E-state index contributed by atoms with van der Waals surface area (Å²) < 4.78 is 0. The second-order valence-corrected chi connectivity index (χ2v) is 5.95. The third kappa shape index (κ3) is 6.14. The molecule has 6 nitrogen and oxygen atoms in total. The number of carboxylic acids is 1. The van der Waals surface area contributed by atoms with Crippen LogP contribution in [0, 0.1) is 5.41 Å². The van der Waals surface area contributed by atoms with Crippen molar-refractivity contribution in [1.29, 1.82) is 0 Å². The molecule has 0 saturated heterocycles. The summed E-state index contributed by atoms with van der Waals surface area (Å²) >= 11 is 0. The predicted octanol–water partition coefficient (Wildman–Crippen LogP) is 1.57. The lowest BCUT2D eigenvalue weighted by atomic mass is 9.77. The summed E-state index contributed by atoms with van der Waals surface area (Å²) in [4.78, 5) is 34.1. The minimum Gasteiger partial charge on any atom is -0.481 e. The molecule has 0 aromatic heterocycles. The van der Waals surface area contributed by atoms with Crippen molar-refractivity contribution in [2.45, 2.75) is 64.2 Å². The molecule has 1 fully saturated rings. The lowest BCUT2D eigenvalue weighted by Gasteiger charge is -2.27. The van der Waals surface area contributed by atoms with Gasteiger partial charge in [-0.15, -0.1) is 0 Å². The number of hydrogen-bond donors (Lipinski definition) is 3. The number of carbonyl (C=O) groups is 3. The maximum Gasteiger partial charge on any atom is 0.310 e. The Morgan fingerprint density at radius 1 is 1.05 bits per heavy atom. The number of hydrogen-bond acceptors (Lipinski definition) is 3. The molecular formula is C15H26N2O4. The number of primary amides is 1. The average Bonchev–Trinajstić information content (AvgIpc) is 2.64. The standard InChI is InChI=1S/C15H26N2O4/c16-12(18)7-3-6-10-17-13(19)11-15(14(20)21)8-4-1-2-5-9-15/h1-11H2,(H2,16,18)(H,17,19)(H,20,21). The number of nitrogens with one attached hydrogen (secondary N) is 1. The van der Waals surface area contributed by atoms with Gasteiger partial charge in [0.2, 0.25) is 11.8 Å². The number of nitrogens with two attached hydrogens (primary N) is 1. The summed E-state index contributed by atoms with van der Waals surface area (Å²) in [6.45, 7) is 0.460. The zero-order valence-corrected chi connectivity index (χ0v) is 12.5. The fourth-order valence-electron chi connectivity index (χ4n) is 2.89. The number of carbonyl (C=O) groups excluding carboxylic acids is 2. The summed E-state index contributed by atoms with van der Waals surface area (Å²) in [6, 6.07) is 0. The molecule has 6 heteroatoms. The van der Waals surface area contributed by atoms with Crippen LogP contribution in [-0.2, 0) is 14.4 Å². The van der Waals surface area contributed by atoms with E-state index in [0.717, 1.165) is 25.7 Å². The van der Waals surface area contributed by atoms with E-state index in [1.165, 1.54) is 0 Å². The average molecular weight is 298 g/mol. The summed E-state index contributed by atoms with van der Waals surface area (Å²) in [6.07, 6.45) is 6.68. The van der Waals surface area contributed by atoms with E-state index in [9.17, 15) is 19.5 Å². The third-order valence-corrected chi connectivity index (χ3v) is 4.19. The van der Waals surface area contributed by atoms with Crippen LogP contribution in [-0.4, -0.2) is 29.4 Å². The van der Waals surface area contributed by atoms with E-state index in [2.05, 4.69) is 5.32 Å². The molecule has 0 aromatic rings. The number of amides is 2. The second kappa shape index (κ2) is 8.64. The molecule has 1 aliphatic rings. The molecule has 0 unspecified atom stereocenters. The predicted molar refractivity (Wildman–Crippen MR) is 78.4 cm³/mol. The maximum atomic E-state index is 12.0. The molecule has 0 atom stereocenters. The molecule has 1 rings (SSSR count). The Kier molecular flexibility index (Phi) is 7.19. The van der Waals surface area contributed by atoms with Gasteiger partial charge in [0.05, 0.1) is 5.41 Å². The van der Waals surface area contributed by atoms with Gasteiger partial charge < -0.3 is 16.2 Å². The van der Waals surface area contributed by atoms with E-state index >= 15 is 0 Å². The largest absolute Gasteiger partial charge is 0.481 e. The normalized spacial score (nSPS) is 17.7. The Balaban J connectivity index is 2.38. The van der Waals surface area contributed by atoms with Crippen LogP contribution < -0.4 is 11.1 Å². The molecule has 21 heavy (non-hydrogen) atoms. The van der Waals surface area contributed by atoms with Crippen LogP contribution in [0.3, 0.4) is 0 Å². The molecular weight excluding hydrogens is 272 g/mol. The van der Waals surface area contributed by atoms with Crippen molar-refractivity contribution < 1.29 is 19.5 Å². The molecule has 0 heterocycles. The Hall–Kier alpha value is -1.59. The van der Waals surface area contributed by atoms with Gasteiger partial charge in [-0.05, 0) is 25.7 Å². The van der Waals surface area contributed by atoms with Crippen LogP contribution in [0.15, 0.2) is 0 Å². The summed E-state index contributed by atoms with van der Waals surface area (Å²) in [7, 11) is 0. The van der Waals surface area contributed by atoms with Crippen LogP contribution in [0.1, 0.15) is 64.2 Å². The molecule has 0 aromatic carbocycles. The van der Waals surface area contributed by atoms with Gasteiger partial charge in [0.15, 0.2) is 0 Å². The van der Waals surface area contributed by atoms with E-state index in [1.807, 2.05) is 0 Å². The molecule has 2 amide bonds. The first-order chi connectivity index (χ1) is 9.96. The zero-order valence-electron chi connectivity index (χ0n) is 12.5. The van der Waals surface area contributed by atoms with Gasteiger partial charge in [0, 0.05) is 19.4 Å². The van der Waals surface area contributed by atoms with Crippen molar-refractivity contribution in [3.05, 3.63) is 0 Å². The minimum absolute atomic E-state index is 0.0537. The molecule has 0 bridgehead atoms. The molecule has 0 spiro atoms. The van der Waals surface area contributed by atoms with Crippen LogP contribution in [0.4, 0.5) is 0 Å². The van der Waals surface area contributed by atoms with E-state index in [-0.39, 0.29) is 18.2 Å². The summed E-state index contributed by atoms with van der Waals surface area (Å²) in [5, 5.41) is 12.3. The number of aliphatic carboxylic acids is 1. The van der Waals surface area contributed by atoms with Gasteiger partial charge in [0.25, 0.3) is 0 Å². The topological polar surface area (TPSA) is 109 Å². The van der Waals surface area contributed by atoms with Gasteiger partial charge >= 0.3 is 5.97 Å². The smallest absolute Gasteiger partial charge is 0.310 e. The van der Waals surface area contributed by atoms with Crippen LogP contribution >= 0.6 is 0 Å². The number of unbranched alkanes of at least 4 members (excludes halogenated alkanes) is 1. The molecule has 4 N–H and O–H groups in total. The molecule has 0 radical (unpaired) electrons. The van der Waals surface area contributed by atoms with Gasteiger partial charge in [0.1, 0.15) is 0 Å². The van der Waals surface area contributed by atoms with Crippen molar-refractivity contribution in [3.8, 4) is 0 Å². The third-order valence-electron chi connectivity index (χ3n) is 4.19. The van der Waals surface area contributed by atoms with Crippen LogP contribution in [0.5, 0.6) is 0 Å². The highest BCUT2D eigenvalue weighted by molar-refractivity contribution is 5.85. The Bertz CT molecular complexity index is 374. The second-order valence-electron chi connectivity index (χ2n) is 5.95. The first-order valence-electron chi connectivity index (χ1n) is 7.75. The van der Waals surface area contributed by atoms with Gasteiger partial charge in [-0.25, -0.2) is 0 Å². The highest BCUT2D eigenvalue weighted by Crippen LogP contribution is 2.38. The van der Waals surface area contributed by atoms with Crippen LogP contribution in [0.25, 0.3) is 0 Å². The van der Waals surface area contributed by atoms with E-state index < -0.39 is 11.4 Å². The van der Waals surface area contributed by atoms with E-state index in [4.69, 9.17) is 5.73 Å². The number of carboxylic acid groups (broad SMARTS) is 1. The van der Waals surface area contributed by atoms with Crippen LogP contribution in [0.2, 0.25) is 0 Å². The monoisotopic (exact) mass is 298 g/mol. The Labute approximate surface area is 125 Å². The van der Waals surface area contributed by atoms with Crippen molar-refractivity contribution in [2.75, 3.05) is 6.54 Å². The molecule has 1 aliphatic carbocycles. The quantitative estimate of drug-likeness (QED) is 0.466. The van der Waals surface area contributed by atoms with Crippen molar-refractivity contribution in [3.63, 3.8) is 0 Å². The SMILES string of the molecule is NC(=O)CCCCNC(=O)CC1(C(=O)O)CCCCCC1. The Morgan fingerprint density at radius 2 is 1.67 bits per heavy atom. The fourth-order valence-corrected chi connectivity index (χ4v) is 2.89. The van der Waals surface area contributed by atoms with Gasteiger partial charge in [-0.2, -0.15) is 0 Å². The highest BCUT2D eigenvalue weighted by atomic mass is 16.4. The lowest BCUT2D eigenvalue weighted by molar-refractivity contribution is -0.152. The van der Waals surface area contributed by atoms with Crippen molar-refractivity contribution >= 4 is 17.8 Å². The first kappa shape index (κ1) is 17.5. The van der Waals surface area contributed by atoms with Gasteiger partial charge in [-0.1, -0.05) is 25.7 Å². The lowest BCUT2D eigenvalue weighted by Crippen LogP contribution is -2.37. The zero-order chi connectivity index (χ0) is 15.7. The molecule has 1 saturated carbocycles. The number of rotatable bonds is 8. The van der Waals surface area contributed by atoms with Crippen molar-refractivity contribution in [2.24, 2.45) is 11.1 Å². The highest BCUT2D eigenvalue weighted by Gasteiger charge is 2.40. The summed E-state index contributed by atoms with van der Waals surface area (Å²) in [5.41, 5.74) is 4.14. The maximum absolute atomic E-state index is 12.0. The summed E-state index contributed by atoms with van der Waals surface area (Å²) in [5.74, 6) is -1.41. The molecule has 120 valence electrons. The Morgan fingerprint density at radius 3 is 2.19 bits per heavy atom.